The summed E-state index contributed by atoms with van der Waals surface area (Å²) in [7, 11) is 0. The normalized spacial score (nSPS) is 23.7. The number of likely N-dealkylation sites (tertiary alicyclic amines) is 1. The van der Waals surface area contributed by atoms with Crippen molar-refractivity contribution in [2.24, 2.45) is 5.41 Å². The highest BCUT2D eigenvalue weighted by Gasteiger charge is 2.57. The molecule has 0 spiro atoms. The van der Waals surface area contributed by atoms with Crippen LogP contribution in [0.1, 0.15) is 70.6 Å². The number of hydrogen-bond acceptors (Lipinski definition) is 2. The zero-order chi connectivity index (χ0) is 16.1. The number of carbonyl (C=O) groups excluding carboxylic acids is 2. The molecule has 0 aromatic carbocycles. The predicted octanol–water partition coefficient (Wildman–Crippen LogP) is 3.18. The summed E-state index contributed by atoms with van der Waals surface area (Å²) in [6, 6.07) is 0. The number of amides is 2. The van der Waals surface area contributed by atoms with Gasteiger partial charge in [-0.2, -0.15) is 0 Å². The zero-order valence-corrected chi connectivity index (χ0v) is 14.2. The summed E-state index contributed by atoms with van der Waals surface area (Å²) in [6.07, 6.45) is 14.2. The lowest BCUT2D eigenvalue weighted by Crippen LogP contribution is -2.45. The molecule has 0 aromatic heterocycles. The molecule has 1 saturated carbocycles. The lowest BCUT2D eigenvalue weighted by molar-refractivity contribution is -0.144. The fourth-order valence-electron chi connectivity index (χ4n) is 3.88. The maximum absolute atomic E-state index is 12.8. The molecule has 0 atom stereocenters. The molecule has 0 unspecified atom stereocenters. The second-order valence-electron chi connectivity index (χ2n) is 7.40. The van der Waals surface area contributed by atoms with Crippen LogP contribution in [0.15, 0.2) is 11.6 Å². The van der Waals surface area contributed by atoms with Crippen molar-refractivity contribution in [1.29, 1.82) is 0 Å². The summed E-state index contributed by atoms with van der Waals surface area (Å²) < 4.78 is 0. The second kappa shape index (κ2) is 7.50. The van der Waals surface area contributed by atoms with Crippen molar-refractivity contribution in [2.75, 3.05) is 19.6 Å². The Labute approximate surface area is 139 Å². The van der Waals surface area contributed by atoms with E-state index in [0.29, 0.717) is 6.54 Å². The monoisotopic (exact) mass is 318 g/mol. The molecule has 3 rings (SSSR count). The molecule has 23 heavy (non-hydrogen) atoms. The third kappa shape index (κ3) is 3.96. The molecule has 1 saturated heterocycles. The molecule has 2 aliphatic carbocycles. The summed E-state index contributed by atoms with van der Waals surface area (Å²) in [5.41, 5.74) is 0.755. The first kappa shape index (κ1) is 16.5. The van der Waals surface area contributed by atoms with Crippen LogP contribution in [-0.2, 0) is 9.59 Å². The van der Waals surface area contributed by atoms with Crippen LogP contribution in [0.4, 0.5) is 0 Å². The van der Waals surface area contributed by atoms with E-state index in [9.17, 15) is 9.59 Å². The van der Waals surface area contributed by atoms with E-state index in [1.165, 1.54) is 44.1 Å². The molecule has 128 valence electrons. The average Bonchev–Trinajstić information content (AvgIpc) is 3.40. The molecule has 1 aliphatic heterocycles. The predicted molar refractivity (Wildman–Crippen MR) is 90.9 cm³/mol. The van der Waals surface area contributed by atoms with E-state index in [2.05, 4.69) is 11.4 Å². The third-order valence-corrected chi connectivity index (χ3v) is 5.60. The van der Waals surface area contributed by atoms with Crippen molar-refractivity contribution in [3.8, 4) is 0 Å². The van der Waals surface area contributed by atoms with E-state index in [1.54, 1.807) is 0 Å². The van der Waals surface area contributed by atoms with Crippen LogP contribution in [0.5, 0.6) is 0 Å². The van der Waals surface area contributed by atoms with Gasteiger partial charge in [-0.05, 0) is 57.8 Å². The zero-order valence-electron chi connectivity index (χ0n) is 14.2. The first-order chi connectivity index (χ1) is 11.2. The molecular weight excluding hydrogens is 288 g/mol. The largest absolute Gasteiger partial charge is 0.355 e. The highest BCUT2D eigenvalue weighted by Crippen LogP contribution is 2.47. The number of hydrogen-bond donors (Lipinski definition) is 1. The maximum atomic E-state index is 12.8. The molecule has 0 radical (unpaired) electrons. The van der Waals surface area contributed by atoms with E-state index in [1.807, 2.05) is 4.90 Å². The van der Waals surface area contributed by atoms with E-state index in [-0.39, 0.29) is 11.8 Å². The highest BCUT2D eigenvalue weighted by atomic mass is 16.2. The van der Waals surface area contributed by atoms with E-state index in [0.717, 1.165) is 45.2 Å². The van der Waals surface area contributed by atoms with Crippen LogP contribution in [0.3, 0.4) is 0 Å². The van der Waals surface area contributed by atoms with Gasteiger partial charge in [-0.15, -0.1) is 0 Å². The minimum atomic E-state index is -0.717. The summed E-state index contributed by atoms with van der Waals surface area (Å²) in [4.78, 5) is 27.3. The first-order valence-corrected chi connectivity index (χ1v) is 9.48. The van der Waals surface area contributed by atoms with E-state index >= 15 is 0 Å². The van der Waals surface area contributed by atoms with Gasteiger partial charge in [-0.1, -0.05) is 24.5 Å². The van der Waals surface area contributed by atoms with Crippen LogP contribution in [0.2, 0.25) is 0 Å². The van der Waals surface area contributed by atoms with E-state index < -0.39 is 5.41 Å². The van der Waals surface area contributed by atoms with Crippen LogP contribution in [0.25, 0.3) is 0 Å². The summed E-state index contributed by atoms with van der Waals surface area (Å²) >= 11 is 0. The van der Waals surface area contributed by atoms with Gasteiger partial charge in [0.1, 0.15) is 5.41 Å². The van der Waals surface area contributed by atoms with Gasteiger partial charge in [0, 0.05) is 19.6 Å². The molecule has 2 amide bonds. The number of nitrogens with zero attached hydrogens (tertiary/aromatic N) is 1. The fourth-order valence-corrected chi connectivity index (χ4v) is 3.88. The minimum absolute atomic E-state index is 0.0249. The van der Waals surface area contributed by atoms with Crippen molar-refractivity contribution in [1.82, 2.24) is 10.2 Å². The molecule has 0 aromatic rings. The van der Waals surface area contributed by atoms with Crippen LogP contribution < -0.4 is 5.32 Å². The smallest absolute Gasteiger partial charge is 0.238 e. The van der Waals surface area contributed by atoms with Gasteiger partial charge in [-0.25, -0.2) is 0 Å². The van der Waals surface area contributed by atoms with Gasteiger partial charge < -0.3 is 10.2 Å². The molecule has 4 nitrogen and oxygen atoms in total. The van der Waals surface area contributed by atoms with Gasteiger partial charge in [0.15, 0.2) is 0 Å². The van der Waals surface area contributed by atoms with Crippen molar-refractivity contribution in [3.05, 3.63) is 11.6 Å². The van der Waals surface area contributed by atoms with Crippen molar-refractivity contribution in [3.63, 3.8) is 0 Å². The van der Waals surface area contributed by atoms with E-state index in [4.69, 9.17) is 0 Å². The Morgan fingerprint density at radius 2 is 1.78 bits per heavy atom. The number of rotatable bonds is 5. The van der Waals surface area contributed by atoms with Gasteiger partial charge in [-0.3, -0.25) is 9.59 Å². The first-order valence-electron chi connectivity index (χ1n) is 9.48. The minimum Gasteiger partial charge on any atom is -0.355 e. The highest BCUT2D eigenvalue weighted by molar-refractivity contribution is 6.07. The maximum Gasteiger partial charge on any atom is 0.238 e. The van der Waals surface area contributed by atoms with Crippen molar-refractivity contribution >= 4 is 11.8 Å². The van der Waals surface area contributed by atoms with Gasteiger partial charge in [0.2, 0.25) is 11.8 Å². The lowest BCUT2D eigenvalue weighted by atomic mass is 9.97. The van der Waals surface area contributed by atoms with Crippen LogP contribution in [-0.4, -0.2) is 36.3 Å². The lowest BCUT2D eigenvalue weighted by Gasteiger charge is -2.25. The Bertz CT molecular complexity index is 472. The van der Waals surface area contributed by atoms with Gasteiger partial charge in [0.25, 0.3) is 0 Å². The molecule has 4 heteroatoms. The Morgan fingerprint density at radius 1 is 1.04 bits per heavy atom. The fraction of sp³-hybridized carbons (Fsp3) is 0.789. The van der Waals surface area contributed by atoms with Crippen molar-refractivity contribution in [2.45, 2.75) is 70.6 Å². The number of nitrogens with one attached hydrogen (secondary N) is 1. The standard InChI is InChI=1S/C19H30N2O2/c22-17(20-13-10-16-8-4-3-5-9-16)19(11-12-19)18(23)21-14-6-1-2-7-15-21/h8H,1-7,9-15H2,(H,20,22). The molecule has 1 heterocycles. The Morgan fingerprint density at radius 3 is 2.39 bits per heavy atom. The summed E-state index contributed by atoms with van der Waals surface area (Å²) in [5.74, 6) is 0.0666. The molecule has 0 bridgehead atoms. The van der Waals surface area contributed by atoms with Crippen molar-refractivity contribution < 1.29 is 9.59 Å². The summed E-state index contributed by atoms with van der Waals surface area (Å²) in [6.45, 7) is 2.35. The van der Waals surface area contributed by atoms with Gasteiger partial charge in [0.05, 0.1) is 0 Å². The van der Waals surface area contributed by atoms with Gasteiger partial charge >= 0.3 is 0 Å². The number of carbonyl (C=O) groups is 2. The molecule has 3 aliphatic rings. The Balaban J connectivity index is 1.49. The van der Waals surface area contributed by atoms with Crippen LogP contribution in [0, 0.1) is 5.41 Å². The molecule has 2 fully saturated rings. The topological polar surface area (TPSA) is 49.4 Å². The number of allylic oxidation sites excluding steroid dienone is 1. The summed E-state index contributed by atoms with van der Waals surface area (Å²) in [5, 5.41) is 3.04. The average molecular weight is 318 g/mol. The quantitative estimate of drug-likeness (QED) is 0.625. The second-order valence-corrected chi connectivity index (χ2v) is 7.40. The third-order valence-electron chi connectivity index (χ3n) is 5.60. The SMILES string of the molecule is O=C(NCCC1=CCCCC1)C1(C(=O)N2CCCCCC2)CC1. The Kier molecular flexibility index (Phi) is 5.39. The molecule has 1 N–H and O–H groups in total. The Hall–Kier alpha value is -1.32. The van der Waals surface area contributed by atoms with Crippen LogP contribution >= 0.6 is 0 Å². The molecular formula is C19H30N2O2.